The number of nitrogens with two attached hydrogens (primary N) is 1. The van der Waals surface area contributed by atoms with E-state index in [1.807, 2.05) is 13.8 Å². The molecule has 0 aliphatic rings. The van der Waals surface area contributed by atoms with Crippen molar-refractivity contribution in [1.82, 2.24) is 0 Å². The molecule has 0 aliphatic heterocycles. The van der Waals surface area contributed by atoms with Crippen molar-refractivity contribution in [2.45, 2.75) is 20.0 Å². The molecule has 3 nitrogen and oxygen atoms in total. The average molecular weight is 263 g/mol. The summed E-state index contributed by atoms with van der Waals surface area (Å²) in [5, 5.41) is 13.6. The molecule has 0 radical (unpaired) electrons. The molecule has 0 heterocycles. The van der Waals surface area contributed by atoms with Crippen LogP contribution in [0.1, 0.15) is 13.8 Å². The molecule has 4 N–H and O–H groups in total. The van der Waals surface area contributed by atoms with E-state index < -0.39 is 6.10 Å². The highest BCUT2D eigenvalue weighted by molar-refractivity contribution is 6.42. The third kappa shape index (κ3) is 3.44. The molecule has 0 aliphatic carbocycles. The highest BCUT2D eigenvalue weighted by Gasteiger charge is 2.10. The predicted octanol–water partition coefficient (Wildman–Crippen LogP) is 3.00. The Hall–Kier alpha value is -0.640. The lowest BCUT2D eigenvalue weighted by Gasteiger charge is -2.17. The molecule has 0 saturated heterocycles. The van der Waals surface area contributed by atoms with E-state index >= 15 is 0 Å². The van der Waals surface area contributed by atoms with Gasteiger partial charge in [0.15, 0.2) is 0 Å². The molecule has 0 fully saturated rings. The molecule has 16 heavy (non-hydrogen) atoms. The van der Waals surface area contributed by atoms with Crippen molar-refractivity contribution in [3.8, 4) is 0 Å². The Morgan fingerprint density at radius 1 is 1.31 bits per heavy atom. The number of nitrogen functional groups attached to an aromatic ring is 1. The molecule has 0 saturated carbocycles. The summed E-state index contributed by atoms with van der Waals surface area (Å²) in [4.78, 5) is 0. The number of aliphatic hydroxyl groups excluding tert-OH is 1. The zero-order chi connectivity index (χ0) is 12.3. The summed E-state index contributed by atoms with van der Waals surface area (Å²) >= 11 is 11.7. The Bertz CT molecular complexity index is 369. The number of benzene rings is 1. The summed E-state index contributed by atoms with van der Waals surface area (Å²) in [7, 11) is 0. The van der Waals surface area contributed by atoms with Gasteiger partial charge in [-0.3, -0.25) is 0 Å². The van der Waals surface area contributed by atoms with Gasteiger partial charge in [-0.1, -0.05) is 37.0 Å². The van der Waals surface area contributed by atoms with Crippen molar-refractivity contribution in [2.24, 2.45) is 5.92 Å². The second-order valence-corrected chi connectivity index (χ2v) is 4.86. The summed E-state index contributed by atoms with van der Waals surface area (Å²) in [5.41, 5.74) is 6.97. The van der Waals surface area contributed by atoms with Gasteiger partial charge in [-0.15, -0.1) is 0 Å². The van der Waals surface area contributed by atoms with Crippen molar-refractivity contribution in [2.75, 3.05) is 17.6 Å². The Kier molecular flexibility index (Phi) is 4.71. The van der Waals surface area contributed by atoms with E-state index in [1.165, 1.54) is 0 Å². The molecule has 90 valence electrons. The van der Waals surface area contributed by atoms with Gasteiger partial charge in [-0.2, -0.15) is 0 Å². The number of anilines is 2. The molecular formula is C11H16Cl2N2O. The standard InChI is InChI=1S/C11H16Cl2N2O/c1-6(2)11(16)5-15-10-4-8(13)7(12)3-9(10)14/h3-4,6,11,15-16H,5,14H2,1-2H3. The minimum Gasteiger partial charge on any atom is -0.397 e. The van der Waals surface area contributed by atoms with E-state index in [0.717, 1.165) is 0 Å². The molecule has 0 amide bonds. The van der Waals surface area contributed by atoms with Crippen LogP contribution in [0.25, 0.3) is 0 Å². The van der Waals surface area contributed by atoms with Crippen LogP contribution in [-0.4, -0.2) is 17.8 Å². The maximum atomic E-state index is 9.64. The van der Waals surface area contributed by atoms with Gasteiger partial charge in [0.05, 0.1) is 27.5 Å². The first kappa shape index (κ1) is 13.4. The van der Waals surface area contributed by atoms with E-state index in [0.29, 0.717) is 28.0 Å². The van der Waals surface area contributed by atoms with E-state index in [9.17, 15) is 5.11 Å². The fourth-order valence-corrected chi connectivity index (χ4v) is 1.50. The Balaban J connectivity index is 2.71. The Morgan fingerprint density at radius 2 is 1.88 bits per heavy atom. The lowest BCUT2D eigenvalue weighted by Crippen LogP contribution is -2.25. The maximum absolute atomic E-state index is 9.64. The first-order chi connectivity index (χ1) is 7.41. The molecule has 0 aromatic heterocycles. The Morgan fingerprint density at radius 3 is 2.44 bits per heavy atom. The number of nitrogens with one attached hydrogen (secondary N) is 1. The minimum atomic E-state index is -0.422. The minimum absolute atomic E-state index is 0.191. The number of aliphatic hydroxyl groups is 1. The molecule has 1 aromatic rings. The first-order valence-electron chi connectivity index (χ1n) is 5.08. The second kappa shape index (κ2) is 5.62. The number of hydrogen-bond acceptors (Lipinski definition) is 3. The second-order valence-electron chi connectivity index (χ2n) is 4.05. The van der Waals surface area contributed by atoms with Gasteiger partial charge in [0.2, 0.25) is 0 Å². The fourth-order valence-electron chi connectivity index (χ4n) is 1.17. The topological polar surface area (TPSA) is 58.3 Å². The van der Waals surface area contributed by atoms with Crippen LogP contribution in [-0.2, 0) is 0 Å². The molecule has 1 atom stereocenters. The number of hydrogen-bond donors (Lipinski definition) is 3. The van der Waals surface area contributed by atoms with E-state index in [1.54, 1.807) is 12.1 Å². The third-order valence-corrected chi connectivity index (χ3v) is 3.09. The zero-order valence-corrected chi connectivity index (χ0v) is 10.8. The van der Waals surface area contributed by atoms with E-state index in [-0.39, 0.29) is 5.92 Å². The largest absolute Gasteiger partial charge is 0.397 e. The van der Waals surface area contributed by atoms with Crippen LogP contribution in [0.15, 0.2) is 12.1 Å². The summed E-state index contributed by atoms with van der Waals surface area (Å²) in [6, 6.07) is 3.25. The highest BCUT2D eigenvalue weighted by Crippen LogP contribution is 2.30. The average Bonchev–Trinajstić information content (AvgIpc) is 2.20. The molecule has 5 heteroatoms. The van der Waals surface area contributed by atoms with Crippen molar-refractivity contribution in [3.63, 3.8) is 0 Å². The predicted molar refractivity (Wildman–Crippen MR) is 70.2 cm³/mol. The van der Waals surface area contributed by atoms with Crippen molar-refractivity contribution >= 4 is 34.6 Å². The molecule has 1 rings (SSSR count). The van der Waals surface area contributed by atoms with Crippen LogP contribution in [0, 0.1) is 5.92 Å². The summed E-state index contributed by atoms with van der Waals surface area (Å²) in [6.07, 6.45) is -0.422. The van der Waals surface area contributed by atoms with Crippen LogP contribution in [0.3, 0.4) is 0 Å². The van der Waals surface area contributed by atoms with Crippen LogP contribution < -0.4 is 11.1 Å². The van der Waals surface area contributed by atoms with Gasteiger partial charge in [0.1, 0.15) is 0 Å². The highest BCUT2D eigenvalue weighted by atomic mass is 35.5. The molecule has 0 spiro atoms. The number of rotatable bonds is 4. The van der Waals surface area contributed by atoms with Gasteiger partial charge in [-0.05, 0) is 18.1 Å². The molecule has 1 aromatic carbocycles. The van der Waals surface area contributed by atoms with Crippen molar-refractivity contribution in [3.05, 3.63) is 22.2 Å². The smallest absolute Gasteiger partial charge is 0.0735 e. The van der Waals surface area contributed by atoms with Gasteiger partial charge in [0.25, 0.3) is 0 Å². The number of halogens is 2. The fraction of sp³-hybridized carbons (Fsp3) is 0.455. The lowest BCUT2D eigenvalue weighted by molar-refractivity contribution is 0.138. The zero-order valence-electron chi connectivity index (χ0n) is 9.30. The van der Waals surface area contributed by atoms with Crippen LogP contribution in [0.5, 0.6) is 0 Å². The quantitative estimate of drug-likeness (QED) is 0.732. The van der Waals surface area contributed by atoms with Gasteiger partial charge < -0.3 is 16.2 Å². The van der Waals surface area contributed by atoms with Gasteiger partial charge >= 0.3 is 0 Å². The molecule has 0 bridgehead atoms. The SMILES string of the molecule is CC(C)C(O)CNc1cc(Cl)c(Cl)cc1N. The normalized spacial score (nSPS) is 12.9. The van der Waals surface area contributed by atoms with Crippen LogP contribution in [0.2, 0.25) is 10.0 Å². The van der Waals surface area contributed by atoms with E-state index in [2.05, 4.69) is 5.32 Å². The van der Waals surface area contributed by atoms with Crippen molar-refractivity contribution in [1.29, 1.82) is 0 Å². The molecule has 1 unspecified atom stereocenters. The van der Waals surface area contributed by atoms with Crippen LogP contribution >= 0.6 is 23.2 Å². The molecular weight excluding hydrogens is 247 g/mol. The van der Waals surface area contributed by atoms with E-state index in [4.69, 9.17) is 28.9 Å². The summed E-state index contributed by atoms with van der Waals surface area (Å²) in [6.45, 7) is 4.33. The first-order valence-corrected chi connectivity index (χ1v) is 5.84. The van der Waals surface area contributed by atoms with Gasteiger partial charge in [0, 0.05) is 6.54 Å². The maximum Gasteiger partial charge on any atom is 0.0735 e. The lowest BCUT2D eigenvalue weighted by atomic mass is 10.1. The monoisotopic (exact) mass is 262 g/mol. The van der Waals surface area contributed by atoms with Gasteiger partial charge in [-0.25, -0.2) is 0 Å². The van der Waals surface area contributed by atoms with Crippen LogP contribution in [0.4, 0.5) is 11.4 Å². The summed E-state index contributed by atoms with van der Waals surface area (Å²) < 4.78 is 0. The van der Waals surface area contributed by atoms with Crippen molar-refractivity contribution < 1.29 is 5.11 Å². The third-order valence-electron chi connectivity index (χ3n) is 2.36. The Labute approximate surface area is 106 Å². The summed E-state index contributed by atoms with van der Waals surface area (Å²) in [5.74, 6) is 0.191.